The molecule has 1 aromatic carbocycles. The highest BCUT2D eigenvalue weighted by molar-refractivity contribution is 5.46. The molecule has 1 saturated heterocycles. The van der Waals surface area contributed by atoms with Gasteiger partial charge in [-0.05, 0) is 44.2 Å². The first kappa shape index (κ1) is 14.3. The Morgan fingerprint density at radius 3 is 2.84 bits per heavy atom. The first-order chi connectivity index (χ1) is 9.17. The molecule has 4 heteroatoms. The number of aryl methyl sites for hydroxylation is 1. The number of hydrazine groups is 1. The molecule has 1 fully saturated rings. The van der Waals surface area contributed by atoms with Gasteiger partial charge in [0.15, 0.2) is 0 Å². The molecule has 0 spiro atoms. The molecule has 1 aliphatic heterocycles. The van der Waals surface area contributed by atoms with Crippen LogP contribution < -0.4 is 16.0 Å². The maximum absolute atomic E-state index is 5.73. The number of methoxy groups -OCH3 is 1. The third-order valence-corrected chi connectivity index (χ3v) is 4.01. The second kappa shape index (κ2) is 6.37. The number of hydrogen-bond acceptors (Lipinski definition) is 4. The average Bonchev–Trinajstić information content (AvgIpc) is 2.92. The van der Waals surface area contributed by atoms with Crippen molar-refractivity contribution in [3.8, 4) is 5.75 Å². The SMILES string of the molecule is COc1c(C(CC2CCCO2)NN)ccc(C)c1C. The standard InChI is InChI=1S/C15H24N2O2/c1-10-6-7-13(15(18-3)11(10)2)14(17-16)9-12-5-4-8-19-12/h6-7,12,14,17H,4-5,8-9,16H2,1-3H3. The van der Waals surface area contributed by atoms with Gasteiger partial charge in [-0.1, -0.05) is 12.1 Å². The van der Waals surface area contributed by atoms with Gasteiger partial charge >= 0.3 is 0 Å². The molecule has 2 unspecified atom stereocenters. The number of ether oxygens (including phenoxy) is 2. The van der Waals surface area contributed by atoms with Crippen molar-refractivity contribution in [1.82, 2.24) is 5.43 Å². The maximum Gasteiger partial charge on any atom is 0.126 e. The Balaban J connectivity index is 2.24. The molecule has 1 aromatic rings. The summed E-state index contributed by atoms with van der Waals surface area (Å²) in [7, 11) is 1.71. The summed E-state index contributed by atoms with van der Waals surface area (Å²) < 4.78 is 11.3. The Morgan fingerprint density at radius 1 is 1.47 bits per heavy atom. The van der Waals surface area contributed by atoms with Crippen molar-refractivity contribution in [2.75, 3.05) is 13.7 Å². The van der Waals surface area contributed by atoms with E-state index in [0.29, 0.717) is 6.10 Å². The lowest BCUT2D eigenvalue weighted by Gasteiger charge is -2.23. The van der Waals surface area contributed by atoms with E-state index in [1.54, 1.807) is 7.11 Å². The van der Waals surface area contributed by atoms with Crippen molar-refractivity contribution >= 4 is 0 Å². The van der Waals surface area contributed by atoms with Crippen LogP contribution >= 0.6 is 0 Å². The summed E-state index contributed by atoms with van der Waals surface area (Å²) in [5, 5.41) is 0. The summed E-state index contributed by atoms with van der Waals surface area (Å²) in [4.78, 5) is 0. The molecule has 0 radical (unpaired) electrons. The van der Waals surface area contributed by atoms with E-state index in [-0.39, 0.29) is 6.04 Å². The minimum Gasteiger partial charge on any atom is -0.496 e. The normalized spacial score (nSPS) is 20.5. The molecular formula is C15H24N2O2. The minimum absolute atomic E-state index is 0.0670. The number of benzene rings is 1. The molecule has 19 heavy (non-hydrogen) atoms. The summed E-state index contributed by atoms with van der Waals surface area (Å²) in [5.41, 5.74) is 6.42. The molecule has 2 atom stereocenters. The van der Waals surface area contributed by atoms with E-state index in [9.17, 15) is 0 Å². The van der Waals surface area contributed by atoms with Gasteiger partial charge in [0.25, 0.3) is 0 Å². The van der Waals surface area contributed by atoms with Gasteiger partial charge in [-0.25, -0.2) is 0 Å². The van der Waals surface area contributed by atoms with Gasteiger partial charge in [0.05, 0.1) is 19.3 Å². The van der Waals surface area contributed by atoms with Gasteiger partial charge in [-0.3, -0.25) is 11.3 Å². The van der Waals surface area contributed by atoms with Crippen molar-refractivity contribution in [2.45, 2.75) is 45.3 Å². The molecule has 0 bridgehead atoms. The van der Waals surface area contributed by atoms with Crippen LogP contribution in [0.25, 0.3) is 0 Å². The molecular weight excluding hydrogens is 240 g/mol. The topological polar surface area (TPSA) is 56.5 Å². The zero-order chi connectivity index (χ0) is 13.8. The van der Waals surface area contributed by atoms with Crippen LogP contribution in [0.2, 0.25) is 0 Å². The highest BCUT2D eigenvalue weighted by Crippen LogP contribution is 2.34. The fourth-order valence-electron chi connectivity index (χ4n) is 2.73. The smallest absolute Gasteiger partial charge is 0.126 e. The highest BCUT2D eigenvalue weighted by Gasteiger charge is 2.24. The Bertz CT molecular complexity index is 428. The molecule has 0 amide bonds. The van der Waals surface area contributed by atoms with E-state index >= 15 is 0 Å². The lowest BCUT2D eigenvalue weighted by Crippen LogP contribution is -2.31. The van der Waals surface area contributed by atoms with Gasteiger partial charge in [0.2, 0.25) is 0 Å². The zero-order valence-corrected chi connectivity index (χ0v) is 12.0. The Labute approximate surface area is 115 Å². The predicted molar refractivity (Wildman–Crippen MR) is 76.1 cm³/mol. The van der Waals surface area contributed by atoms with Crippen LogP contribution in [0.1, 0.15) is 42.0 Å². The van der Waals surface area contributed by atoms with Gasteiger partial charge < -0.3 is 9.47 Å². The van der Waals surface area contributed by atoms with E-state index in [0.717, 1.165) is 37.2 Å². The van der Waals surface area contributed by atoms with Gasteiger partial charge in [0, 0.05) is 12.2 Å². The van der Waals surface area contributed by atoms with Crippen molar-refractivity contribution in [1.29, 1.82) is 0 Å². The van der Waals surface area contributed by atoms with Crippen LogP contribution in [0, 0.1) is 13.8 Å². The number of rotatable bonds is 5. The van der Waals surface area contributed by atoms with E-state index in [1.807, 2.05) is 0 Å². The van der Waals surface area contributed by atoms with Crippen LogP contribution in [0.3, 0.4) is 0 Å². The monoisotopic (exact) mass is 264 g/mol. The average molecular weight is 264 g/mol. The summed E-state index contributed by atoms with van der Waals surface area (Å²) in [6, 6.07) is 4.28. The van der Waals surface area contributed by atoms with E-state index in [2.05, 4.69) is 31.4 Å². The quantitative estimate of drug-likeness (QED) is 0.633. The van der Waals surface area contributed by atoms with Crippen LogP contribution in [-0.4, -0.2) is 19.8 Å². The molecule has 2 rings (SSSR count). The van der Waals surface area contributed by atoms with Gasteiger partial charge in [0.1, 0.15) is 5.75 Å². The van der Waals surface area contributed by atoms with Crippen molar-refractivity contribution < 1.29 is 9.47 Å². The first-order valence-corrected chi connectivity index (χ1v) is 6.89. The number of hydrogen-bond donors (Lipinski definition) is 2. The predicted octanol–water partition coefficient (Wildman–Crippen LogP) is 2.39. The summed E-state index contributed by atoms with van der Waals surface area (Å²) in [6.07, 6.45) is 3.44. The fraction of sp³-hybridized carbons (Fsp3) is 0.600. The third-order valence-electron chi connectivity index (χ3n) is 4.01. The molecule has 0 aliphatic carbocycles. The molecule has 1 aliphatic rings. The number of nitrogens with two attached hydrogens (primary N) is 1. The minimum atomic E-state index is 0.0670. The van der Waals surface area contributed by atoms with E-state index in [4.69, 9.17) is 15.3 Å². The van der Waals surface area contributed by atoms with E-state index in [1.165, 1.54) is 11.1 Å². The summed E-state index contributed by atoms with van der Waals surface area (Å²) in [5.74, 6) is 6.66. The Kier molecular flexibility index (Phi) is 4.80. The lowest BCUT2D eigenvalue weighted by atomic mass is 9.95. The second-order valence-corrected chi connectivity index (χ2v) is 5.22. The third kappa shape index (κ3) is 3.08. The van der Waals surface area contributed by atoms with Crippen LogP contribution in [0.5, 0.6) is 5.75 Å². The first-order valence-electron chi connectivity index (χ1n) is 6.89. The zero-order valence-electron chi connectivity index (χ0n) is 12.0. The van der Waals surface area contributed by atoms with Crippen LogP contribution in [0.4, 0.5) is 0 Å². The highest BCUT2D eigenvalue weighted by atomic mass is 16.5. The summed E-state index contributed by atoms with van der Waals surface area (Å²) >= 11 is 0. The van der Waals surface area contributed by atoms with Crippen molar-refractivity contribution in [3.63, 3.8) is 0 Å². The Morgan fingerprint density at radius 2 is 2.26 bits per heavy atom. The second-order valence-electron chi connectivity index (χ2n) is 5.22. The largest absolute Gasteiger partial charge is 0.496 e. The van der Waals surface area contributed by atoms with Gasteiger partial charge in [-0.15, -0.1) is 0 Å². The van der Waals surface area contributed by atoms with Gasteiger partial charge in [-0.2, -0.15) is 0 Å². The molecule has 0 aromatic heterocycles. The fourth-order valence-corrected chi connectivity index (χ4v) is 2.73. The molecule has 106 valence electrons. The maximum atomic E-state index is 5.73. The molecule has 3 N–H and O–H groups in total. The lowest BCUT2D eigenvalue weighted by molar-refractivity contribution is 0.0943. The summed E-state index contributed by atoms with van der Waals surface area (Å²) in [6.45, 7) is 5.04. The van der Waals surface area contributed by atoms with E-state index < -0.39 is 0 Å². The van der Waals surface area contributed by atoms with Crippen LogP contribution in [-0.2, 0) is 4.74 Å². The molecule has 0 saturated carbocycles. The van der Waals surface area contributed by atoms with Crippen molar-refractivity contribution in [3.05, 3.63) is 28.8 Å². The van der Waals surface area contributed by atoms with Crippen LogP contribution in [0.15, 0.2) is 12.1 Å². The van der Waals surface area contributed by atoms with Crippen molar-refractivity contribution in [2.24, 2.45) is 5.84 Å². The molecule has 4 nitrogen and oxygen atoms in total. The molecule has 1 heterocycles. The Hall–Kier alpha value is -1.10. The number of nitrogens with one attached hydrogen (secondary N) is 1.